The first-order valence-corrected chi connectivity index (χ1v) is 11.8. The van der Waals surface area contributed by atoms with Gasteiger partial charge in [-0.3, -0.25) is 19.3 Å². The van der Waals surface area contributed by atoms with Gasteiger partial charge in [-0.1, -0.05) is 48.0 Å². The standard InChI is InChI=1S/C26H18ClN3O3S/c1-15(30-25(32)20-4-2-3-5-21(20)26(30)33)23(31)28-19-12-8-16(9-13-19)22-14-34-24(29-22)17-6-10-18(27)11-7-17/h2-15H,1H3,(H,28,31). The second-order valence-electron chi connectivity index (χ2n) is 7.81. The Kier molecular flexibility index (Phi) is 5.73. The first kappa shape index (κ1) is 22.0. The van der Waals surface area contributed by atoms with Crippen LogP contribution in [0.4, 0.5) is 5.69 Å². The van der Waals surface area contributed by atoms with Gasteiger partial charge in [0.15, 0.2) is 0 Å². The minimum absolute atomic E-state index is 0.317. The van der Waals surface area contributed by atoms with Gasteiger partial charge in [0.05, 0.1) is 16.8 Å². The van der Waals surface area contributed by atoms with Crippen LogP contribution in [0.25, 0.3) is 21.8 Å². The molecule has 3 amide bonds. The number of rotatable bonds is 5. The Hall–Kier alpha value is -3.81. The highest BCUT2D eigenvalue weighted by atomic mass is 35.5. The highest BCUT2D eigenvalue weighted by Crippen LogP contribution is 2.30. The van der Waals surface area contributed by atoms with Crippen molar-refractivity contribution in [3.05, 3.63) is 94.3 Å². The maximum atomic E-state index is 12.8. The molecule has 0 spiro atoms. The zero-order valence-corrected chi connectivity index (χ0v) is 19.6. The molecule has 8 heteroatoms. The Labute approximate surface area is 204 Å². The summed E-state index contributed by atoms with van der Waals surface area (Å²) in [5, 5.41) is 6.32. The third kappa shape index (κ3) is 4.00. The predicted molar refractivity (Wildman–Crippen MR) is 133 cm³/mol. The number of carbonyl (C=O) groups is 3. The molecule has 6 nitrogen and oxygen atoms in total. The lowest BCUT2D eigenvalue weighted by Crippen LogP contribution is -2.45. The molecular formula is C26H18ClN3O3S. The predicted octanol–water partition coefficient (Wildman–Crippen LogP) is 5.75. The Morgan fingerprint density at radius 2 is 1.50 bits per heavy atom. The quantitative estimate of drug-likeness (QED) is 0.363. The van der Waals surface area contributed by atoms with Crippen LogP contribution in [0, 0.1) is 0 Å². The van der Waals surface area contributed by atoms with Crippen LogP contribution in [0.15, 0.2) is 78.2 Å². The summed E-state index contributed by atoms with van der Waals surface area (Å²) in [7, 11) is 0. The van der Waals surface area contributed by atoms with E-state index < -0.39 is 23.8 Å². The van der Waals surface area contributed by atoms with Crippen LogP contribution in [-0.4, -0.2) is 33.6 Å². The average molecular weight is 488 g/mol. The monoisotopic (exact) mass is 487 g/mol. The molecule has 0 aliphatic carbocycles. The third-order valence-electron chi connectivity index (χ3n) is 5.64. The molecule has 1 aromatic heterocycles. The van der Waals surface area contributed by atoms with Crippen molar-refractivity contribution in [2.45, 2.75) is 13.0 Å². The summed E-state index contributed by atoms with van der Waals surface area (Å²) in [6.45, 7) is 1.54. The van der Waals surface area contributed by atoms with Gasteiger partial charge in [-0.25, -0.2) is 4.98 Å². The number of thiazole rings is 1. The van der Waals surface area contributed by atoms with Crippen LogP contribution in [0.2, 0.25) is 5.02 Å². The number of amides is 3. The molecule has 3 aromatic carbocycles. The van der Waals surface area contributed by atoms with Crippen molar-refractivity contribution in [2.75, 3.05) is 5.32 Å². The summed E-state index contributed by atoms with van der Waals surface area (Å²) in [5.74, 6) is -1.36. The maximum Gasteiger partial charge on any atom is 0.262 e. The first-order chi connectivity index (χ1) is 16.4. The summed E-state index contributed by atoms with van der Waals surface area (Å²) in [6, 6.07) is 20.4. The number of fused-ring (bicyclic) bond motifs is 1. The van der Waals surface area contributed by atoms with Crippen molar-refractivity contribution in [1.29, 1.82) is 0 Å². The number of aromatic nitrogens is 1. The molecule has 0 fully saturated rings. The topological polar surface area (TPSA) is 79.4 Å². The van der Waals surface area contributed by atoms with E-state index in [0.29, 0.717) is 21.8 Å². The Morgan fingerprint density at radius 3 is 2.12 bits per heavy atom. The first-order valence-electron chi connectivity index (χ1n) is 10.5. The largest absolute Gasteiger partial charge is 0.324 e. The van der Waals surface area contributed by atoms with Crippen molar-refractivity contribution in [3.63, 3.8) is 0 Å². The number of anilines is 1. The minimum atomic E-state index is -0.951. The van der Waals surface area contributed by atoms with Crippen molar-refractivity contribution in [1.82, 2.24) is 9.88 Å². The van der Waals surface area contributed by atoms with Gasteiger partial charge in [0.2, 0.25) is 5.91 Å². The van der Waals surface area contributed by atoms with Gasteiger partial charge < -0.3 is 5.32 Å². The van der Waals surface area contributed by atoms with Gasteiger partial charge in [-0.2, -0.15) is 0 Å². The zero-order chi connectivity index (χ0) is 23.8. The van der Waals surface area contributed by atoms with Crippen LogP contribution in [0.5, 0.6) is 0 Å². The molecule has 34 heavy (non-hydrogen) atoms. The summed E-state index contributed by atoms with van der Waals surface area (Å²) >= 11 is 7.50. The van der Waals surface area contributed by atoms with E-state index in [4.69, 9.17) is 16.6 Å². The van der Waals surface area contributed by atoms with E-state index in [2.05, 4.69) is 5.32 Å². The highest BCUT2D eigenvalue weighted by molar-refractivity contribution is 7.13. The molecule has 0 radical (unpaired) electrons. The fourth-order valence-corrected chi connectivity index (χ4v) is 4.74. The second kappa shape index (κ2) is 8.85. The lowest BCUT2D eigenvalue weighted by atomic mass is 10.1. The Balaban J connectivity index is 1.28. The van der Waals surface area contributed by atoms with E-state index in [1.165, 1.54) is 11.3 Å². The SMILES string of the molecule is CC(C(=O)Nc1ccc(-c2csc(-c3ccc(Cl)cc3)n2)cc1)N1C(=O)c2ccccc2C1=O. The number of carbonyl (C=O) groups excluding carboxylic acids is 3. The number of hydrogen-bond acceptors (Lipinski definition) is 5. The van der Waals surface area contributed by atoms with Crippen LogP contribution >= 0.6 is 22.9 Å². The fraction of sp³-hybridized carbons (Fsp3) is 0.0769. The molecule has 1 N–H and O–H groups in total. The van der Waals surface area contributed by atoms with Gasteiger partial charge >= 0.3 is 0 Å². The van der Waals surface area contributed by atoms with E-state index in [9.17, 15) is 14.4 Å². The Morgan fingerprint density at radius 1 is 0.912 bits per heavy atom. The molecule has 4 aromatic rings. The van der Waals surface area contributed by atoms with Crippen molar-refractivity contribution >= 4 is 46.3 Å². The number of hydrogen-bond donors (Lipinski definition) is 1. The number of halogens is 1. The second-order valence-corrected chi connectivity index (χ2v) is 9.11. The Bertz CT molecular complexity index is 1380. The summed E-state index contributed by atoms with van der Waals surface area (Å²) in [5.41, 5.74) is 3.92. The average Bonchev–Trinajstić information content (AvgIpc) is 3.43. The molecule has 2 heterocycles. The molecule has 0 saturated heterocycles. The van der Waals surface area contributed by atoms with Gasteiger partial charge in [0, 0.05) is 27.2 Å². The van der Waals surface area contributed by atoms with Crippen LogP contribution in [-0.2, 0) is 4.79 Å². The summed E-state index contributed by atoms with van der Waals surface area (Å²) < 4.78 is 0. The summed E-state index contributed by atoms with van der Waals surface area (Å²) in [4.78, 5) is 43.8. The van der Waals surface area contributed by atoms with Crippen LogP contribution in [0.3, 0.4) is 0 Å². The molecular weight excluding hydrogens is 470 g/mol. The fourth-order valence-electron chi connectivity index (χ4n) is 3.78. The van der Waals surface area contributed by atoms with Gasteiger partial charge in [0.25, 0.3) is 11.8 Å². The smallest absolute Gasteiger partial charge is 0.262 e. The number of nitrogens with zero attached hydrogens (tertiary/aromatic N) is 2. The third-order valence-corrected chi connectivity index (χ3v) is 6.78. The molecule has 5 rings (SSSR count). The normalized spacial score (nSPS) is 13.6. The lowest BCUT2D eigenvalue weighted by Gasteiger charge is -2.21. The zero-order valence-electron chi connectivity index (χ0n) is 18.0. The van der Waals surface area contributed by atoms with Crippen molar-refractivity contribution in [3.8, 4) is 21.8 Å². The van der Waals surface area contributed by atoms with Crippen LogP contribution < -0.4 is 5.32 Å². The molecule has 1 aliphatic rings. The van der Waals surface area contributed by atoms with E-state index in [1.807, 2.05) is 41.8 Å². The molecule has 0 bridgehead atoms. The van der Waals surface area contributed by atoms with Crippen LogP contribution in [0.1, 0.15) is 27.6 Å². The van der Waals surface area contributed by atoms with E-state index in [-0.39, 0.29) is 0 Å². The maximum absolute atomic E-state index is 12.8. The van der Waals surface area contributed by atoms with E-state index >= 15 is 0 Å². The molecule has 168 valence electrons. The van der Waals surface area contributed by atoms with E-state index in [1.54, 1.807) is 43.3 Å². The highest BCUT2D eigenvalue weighted by Gasteiger charge is 2.40. The van der Waals surface area contributed by atoms with Gasteiger partial charge in [0.1, 0.15) is 11.0 Å². The van der Waals surface area contributed by atoms with Crippen molar-refractivity contribution < 1.29 is 14.4 Å². The lowest BCUT2D eigenvalue weighted by molar-refractivity contribution is -0.119. The number of imide groups is 1. The minimum Gasteiger partial charge on any atom is -0.324 e. The van der Waals surface area contributed by atoms with Crippen molar-refractivity contribution in [2.24, 2.45) is 0 Å². The van der Waals surface area contributed by atoms with Gasteiger partial charge in [-0.15, -0.1) is 11.3 Å². The number of nitrogens with one attached hydrogen (secondary N) is 1. The number of benzene rings is 3. The van der Waals surface area contributed by atoms with E-state index in [0.717, 1.165) is 26.7 Å². The molecule has 1 unspecified atom stereocenters. The molecule has 1 aliphatic heterocycles. The molecule has 1 atom stereocenters. The molecule has 0 saturated carbocycles. The van der Waals surface area contributed by atoms with Gasteiger partial charge in [-0.05, 0) is 43.3 Å². The summed E-state index contributed by atoms with van der Waals surface area (Å²) in [6.07, 6.45) is 0.